The number of benzene rings is 9. The Bertz CT molecular complexity index is 7050. The van der Waals surface area contributed by atoms with Crippen LogP contribution in [0, 0.1) is 0 Å². The molecule has 8 heterocycles. The molecule has 0 spiro atoms. The van der Waals surface area contributed by atoms with Crippen LogP contribution in [0.3, 0.4) is 0 Å². The van der Waals surface area contributed by atoms with Crippen LogP contribution in [0.5, 0.6) is 0 Å². The summed E-state index contributed by atoms with van der Waals surface area (Å²) in [6.45, 7) is 7.97. The first-order valence-electron chi connectivity index (χ1n) is 34.6. The lowest BCUT2D eigenvalue weighted by Crippen LogP contribution is -2.41. The molecule has 0 bridgehead atoms. The van der Waals surface area contributed by atoms with Gasteiger partial charge in [-0.2, -0.15) is 15.3 Å². The Kier molecular flexibility index (Phi) is 21.0. The number of nitrogens with two attached hydrogens (primary N) is 3. The van der Waals surface area contributed by atoms with Crippen LogP contribution < -0.4 is 37.6 Å². The lowest BCUT2D eigenvalue weighted by Gasteiger charge is -2.32. The first-order valence-corrected chi connectivity index (χ1v) is 41.1. The summed E-state index contributed by atoms with van der Waals surface area (Å²) in [6, 6.07) is 60.8. The van der Waals surface area contributed by atoms with Gasteiger partial charge >= 0.3 is 7.12 Å². The molecule has 0 atom stereocenters. The van der Waals surface area contributed by atoms with Crippen LogP contribution in [0.4, 0.5) is 0 Å². The minimum Gasteiger partial charge on any atom is -0.399 e. The van der Waals surface area contributed by atoms with E-state index in [-0.39, 0.29) is 64.5 Å². The van der Waals surface area contributed by atoms with Gasteiger partial charge in [-0.1, -0.05) is 130 Å². The summed E-state index contributed by atoms with van der Waals surface area (Å²) in [6.07, 6.45) is 9.10. The van der Waals surface area contributed by atoms with Crippen molar-refractivity contribution in [1.29, 1.82) is 0 Å². The van der Waals surface area contributed by atoms with Gasteiger partial charge in [0.2, 0.25) is 30.1 Å². The number of fused-ring (bicyclic) bond motifs is 3. The molecule has 1 saturated heterocycles. The number of aromatic nitrogens is 14. The molecule has 1 fully saturated rings. The van der Waals surface area contributed by atoms with E-state index in [0.29, 0.717) is 89.0 Å². The van der Waals surface area contributed by atoms with Crippen molar-refractivity contribution in [2.24, 2.45) is 15.4 Å². The highest BCUT2D eigenvalue weighted by atomic mass is 79.9. The maximum atomic E-state index is 14.0. The highest BCUT2D eigenvalue weighted by molar-refractivity contribution is 9.10. The molecule has 36 heteroatoms. The maximum Gasteiger partial charge on any atom is 0.494 e. The van der Waals surface area contributed by atoms with Gasteiger partial charge in [0, 0.05) is 54.2 Å². The van der Waals surface area contributed by atoms with E-state index in [0.717, 1.165) is 15.5 Å². The SMILES string of the molecule is CC1(C)OB(c2ccc(-c3nc4c(cnn4-c4cccc(S(N)(=O)=O)c4)c(=O)n3-c3ccc(Cl)cc3)cc2)OC1(C)C.NS(=O)(=O)c1cccc(-n2ncc3c(=O)n(-c4ccc(Cl)cc4)c(-c4ccc(-c5cnccn5)cc4)nc32)c1.NS(=O)(=O)c1cccc(-n2ncc3c(=O)n(-c4ccc(Cl)cc4)c(-c4ccc(Br)cc4)nc32)c1. The van der Waals surface area contributed by atoms with Crippen molar-refractivity contribution in [3.05, 3.63) is 306 Å². The molecular formula is C79H60BBrCl3N17O11S3. The molecule has 6 N–H and O–H groups in total. The lowest BCUT2D eigenvalue weighted by molar-refractivity contribution is 0.00578. The largest absolute Gasteiger partial charge is 0.494 e. The minimum atomic E-state index is -3.96. The molecule has 115 heavy (non-hydrogen) atoms. The Labute approximate surface area is 678 Å². The summed E-state index contributed by atoms with van der Waals surface area (Å²) in [7, 11) is -12.4. The van der Waals surface area contributed by atoms with Crippen LogP contribution in [0.25, 0.3) is 113 Å². The third-order valence-corrected chi connectivity index (χ3v) is 23.0. The predicted molar refractivity (Wildman–Crippen MR) is 443 cm³/mol. The van der Waals surface area contributed by atoms with Crippen molar-refractivity contribution in [1.82, 2.24) is 68.0 Å². The fraction of sp³-hybridized carbons (Fsp3) is 0.0759. The molecule has 576 valence electrons. The number of primary sulfonamides is 3. The van der Waals surface area contributed by atoms with E-state index in [9.17, 15) is 39.6 Å². The zero-order valence-electron chi connectivity index (χ0n) is 60.5. The van der Waals surface area contributed by atoms with E-state index in [4.69, 9.17) is 74.5 Å². The standard InChI is InChI=1S/C29H27BClN5O5S.C27H18ClN7O3S.C23H15BrClN5O3S/c1-28(2)29(3,4)41-30(40-28)19-10-8-18(9-11-19)25-34-26-24(27(37)35(25)21-14-12-20(31)13-15-21)17-33-36(26)22-6-5-7-23(16-22)42(32,38)39;28-19-8-10-20(11-9-19)34-25(18-6-4-17(5-7-18)24-16-30-12-13-31-24)33-26-23(27(34)36)15-32-35(26)21-2-1-3-22(14-21)39(29,37)38;24-15-6-4-14(5-7-15)21-28-22-20(23(31)29(21)17-10-8-16(25)9-11-17)13-27-30(22)18-2-1-3-19(12-18)34(26,32)33/h5-17H,1-4H3,(H2,32,38,39);1-16H,(H2,29,37,38);1-13H,(H2,26,32,33). The van der Waals surface area contributed by atoms with E-state index in [2.05, 4.69) is 41.2 Å². The zero-order chi connectivity index (χ0) is 81.2. The first-order chi connectivity index (χ1) is 54.8. The quantitative estimate of drug-likeness (QED) is 0.0851. The summed E-state index contributed by atoms with van der Waals surface area (Å²) in [5.41, 5.74) is 6.02. The van der Waals surface area contributed by atoms with E-state index < -0.39 is 48.4 Å². The fourth-order valence-electron chi connectivity index (χ4n) is 12.5. The molecule has 1 aliphatic rings. The third-order valence-electron chi connectivity index (χ3n) is 19.0. The number of halogens is 4. The first kappa shape index (κ1) is 78.5. The summed E-state index contributed by atoms with van der Waals surface area (Å²) in [4.78, 5) is 64.3. The summed E-state index contributed by atoms with van der Waals surface area (Å²) >= 11 is 21.7. The van der Waals surface area contributed by atoms with Crippen LogP contribution in [0.2, 0.25) is 15.1 Å². The molecule has 0 aliphatic carbocycles. The van der Waals surface area contributed by atoms with Crippen molar-refractivity contribution in [3.63, 3.8) is 0 Å². The summed E-state index contributed by atoms with van der Waals surface area (Å²) < 4.78 is 93.5. The molecule has 17 rings (SSSR count). The summed E-state index contributed by atoms with van der Waals surface area (Å²) in [5.74, 6) is 1.08. The van der Waals surface area contributed by atoms with Crippen molar-refractivity contribution < 1.29 is 34.6 Å². The minimum absolute atomic E-state index is 0.0729. The molecule has 28 nitrogen and oxygen atoms in total. The van der Waals surface area contributed by atoms with Crippen LogP contribution in [-0.4, -0.2) is 112 Å². The molecule has 7 aromatic heterocycles. The molecule has 0 saturated carbocycles. The van der Waals surface area contributed by atoms with Gasteiger partial charge in [-0.3, -0.25) is 38.1 Å². The van der Waals surface area contributed by atoms with Gasteiger partial charge in [-0.05, 0) is 173 Å². The topological polar surface area (TPSA) is 383 Å². The van der Waals surface area contributed by atoms with Gasteiger partial charge in [0.25, 0.3) is 16.7 Å². The van der Waals surface area contributed by atoms with Crippen LogP contribution >= 0.6 is 50.7 Å². The normalized spacial score (nSPS) is 13.4. The number of hydrogen-bond acceptors (Lipinski definition) is 19. The molecule has 1 aliphatic heterocycles. The monoisotopic (exact) mass is 1710 g/mol. The van der Waals surface area contributed by atoms with Crippen molar-refractivity contribution in [2.45, 2.75) is 53.6 Å². The second kappa shape index (κ2) is 30.8. The highest BCUT2D eigenvalue weighted by Crippen LogP contribution is 2.38. The van der Waals surface area contributed by atoms with Gasteiger partial charge in [0.1, 0.15) is 33.6 Å². The molecule has 0 amide bonds. The fourth-order valence-corrected chi connectivity index (χ4v) is 14.8. The van der Waals surface area contributed by atoms with Gasteiger partial charge in [-0.25, -0.2) is 69.7 Å². The number of nitrogens with zero attached hydrogens (tertiary/aromatic N) is 14. The molecule has 16 aromatic rings. The second-order valence-electron chi connectivity index (χ2n) is 27.1. The average Bonchev–Trinajstić information content (AvgIpc) is 1.73. The molecule has 0 unspecified atom stereocenters. The van der Waals surface area contributed by atoms with E-state index in [1.165, 1.54) is 82.7 Å². The number of hydrogen-bond donors (Lipinski definition) is 3. The van der Waals surface area contributed by atoms with E-state index in [1.54, 1.807) is 128 Å². The Balaban J connectivity index is 0.000000136. The van der Waals surface area contributed by atoms with Crippen LogP contribution in [0.15, 0.2) is 289 Å². The Morgan fingerprint density at radius 2 is 0.704 bits per heavy atom. The summed E-state index contributed by atoms with van der Waals surface area (Å²) in [5, 5.41) is 31.3. The highest BCUT2D eigenvalue weighted by Gasteiger charge is 2.51. The van der Waals surface area contributed by atoms with Gasteiger partial charge in [-0.15, -0.1) is 0 Å². The lowest BCUT2D eigenvalue weighted by atomic mass is 9.79. The van der Waals surface area contributed by atoms with Crippen molar-refractivity contribution >= 4 is 126 Å². The van der Waals surface area contributed by atoms with Crippen molar-refractivity contribution in [2.75, 3.05) is 0 Å². The molecular weight excluding hydrogens is 1660 g/mol. The Morgan fingerprint density at radius 3 is 1.02 bits per heavy atom. The molecule has 9 aromatic carbocycles. The Hall–Kier alpha value is -11.8. The van der Waals surface area contributed by atoms with Gasteiger partial charge in [0.05, 0.1) is 90.5 Å². The number of rotatable bonds is 14. The van der Waals surface area contributed by atoms with Crippen LogP contribution in [-0.2, 0) is 39.4 Å². The van der Waals surface area contributed by atoms with Gasteiger partial charge in [0.15, 0.2) is 16.9 Å². The second-order valence-corrected chi connectivity index (χ2v) is 34.0. The zero-order valence-corrected chi connectivity index (χ0v) is 66.8. The molecule has 0 radical (unpaired) electrons. The smallest absolute Gasteiger partial charge is 0.399 e. The van der Waals surface area contributed by atoms with Crippen molar-refractivity contribution in [3.8, 4) is 79.5 Å². The van der Waals surface area contributed by atoms with E-state index in [1.807, 2.05) is 100 Å². The van der Waals surface area contributed by atoms with Gasteiger partial charge < -0.3 is 9.31 Å². The Morgan fingerprint density at radius 1 is 0.391 bits per heavy atom. The third kappa shape index (κ3) is 15.9. The predicted octanol–water partition coefficient (Wildman–Crippen LogP) is 12.1. The number of sulfonamides is 3. The maximum absolute atomic E-state index is 14.0. The van der Waals surface area contributed by atoms with E-state index >= 15 is 0 Å². The average molecular weight is 1720 g/mol. The van der Waals surface area contributed by atoms with Crippen LogP contribution in [0.1, 0.15) is 27.7 Å².